The number of anilines is 1. The summed E-state index contributed by atoms with van der Waals surface area (Å²) in [7, 11) is 1.57. The average molecular weight is 266 g/mol. The van der Waals surface area contributed by atoms with Gasteiger partial charge < -0.3 is 15.8 Å². The molecule has 1 aromatic rings. The van der Waals surface area contributed by atoms with Gasteiger partial charge >= 0.3 is 0 Å². The molecule has 0 bridgehead atoms. The molecule has 0 aromatic heterocycles. The molecule has 3 N–H and O–H groups in total. The van der Waals surface area contributed by atoms with Gasteiger partial charge in [0, 0.05) is 12.3 Å². The summed E-state index contributed by atoms with van der Waals surface area (Å²) in [5.74, 6) is 0.395. The van der Waals surface area contributed by atoms with Crippen LogP contribution in [-0.4, -0.2) is 18.0 Å². The molecule has 4 nitrogen and oxygen atoms in total. The summed E-state index contributed by atoms with van der Waals surface area (Å²) < 4.78 is 5.19. The molecule has 0 saturated heterocycles. The summed E-state index contributed by atoms with van der Waals surface area (Å²) in [5, 5.41) is 2.81. The number of hydrogen-bond acceptors (Lipinski definition) is 3. The van der Waals surface area contributed by atoms with E-state index in [1.807, 2.05) is 32.0 Å². The van der Waals surface area contributed by atoms with Crippen LogP contribution in [0.5, 0.6) is 5.75 Å². The van der Waals surface area contributed by atoms with Crippen molar-refractivity contribution in [3.8, 4) is 5.75 Å². The molecule has 0 aliphatic rings. The molecule has 0 fully saturated rings. The highest BCUT2D eigenvalue weighted by molar-refractivity contribution is 7.80. The summed E-state index contributed by atoms with van der Waals surface area (Å²) in [6, 6.07) is 5.61. The largest absolute Gasteiger partial charge is 0.495 e. The van der Waals surface area contributed by atoms with Crippen molar-refractivity contribution in [2.45, 2.75) is 20.3 Å². The lowest BCUT2D eigenvalue weighted by atomic mass is 10.1. The quantitative estimate of drug-likeness (QED) is 0.802. The Morgan fingerprint density at radius 2 is 2.22 bits per heavy atom. The van der Waals surface area contributed by atoms with Crippen LogP contribution in [0.1, 0.15) is 18.9 Å². The highest BCUT2D eigenvalue weighted by Gasteiger charge is 2.13. The highest BCUT2D eigenvalue weighted by atomic mass is 32.1. The second-order valence-electron chi connectivity index (χ2n) is 4.26. The van der Waals surface area contributed by atoms with Crippen molar-refractivity contribution >= 4 is 28.8 Å². The molecule has 5 heteroatoms. The van der Waals surface area contributed by atoms with E-state index in [0.717, 1.165) is 5.56 Å². The van der Waals surface area contributed by atoms with Crippen LogP contribution in [0.3, 0.4) is 0 Å². The van der Waals surface area contributed by atoms with Crippen LogP contribution in [0.2, 0.25) is 0 Å². The maximum Gasteiger partial charge on any atom is 0.225 e. The standard InChI is InChI=1S/C13H18N2O2S/c1-8-4-5-11(17-3)10(6-8)15-12(16)7-9(2)13(14)18/h4-6,9H,7H2,1-3H3,(H2,14,18)(H,15,16). The van der Waals surface area contributed by atoms with Gasteiger partial charge in [-0.05, 0) is 24.6 Å². The van der Waals surface area contributed by atoms with E-state index >= 15 is 0 Å². The summed E-state index contributed by atoms with van der Waals surface area (Å²) in [5.41, 5.74) is 7.20. The lowest BCUT2D eigenvalue weighted by molar-refractivity contribution is -0.116. The number of methoxy groups -OCH3 is 1. The van der Waals surface area contributed by atoms with E-state index in [1.165, 1.54) is 0 Å². The van der Waals surface area contributed by atoms with Gasteiger partial charge in [0.2, 0.25) is 5.91 Å². The smallest absolute Gasteiger partial charge is 0.225 e. The van der Waals surface area contributed by atoms with Crippen molar-refractivity contribution in [1.29, 1.82) is 0 Å². The van der Waals surface area contributed by atoms with Gasteiger partial charge in [-0.25, -0.2) is 0 Å². The first kappa shape index (κ1) is 14.4. The predicted molar refractivity (Wildman–Crippen MR) is 76.9 cm³/mol. The molecule has 1 unspecified atom stereocenters. The van der Waals surface area contributed by atoms with Crippen LogP contribution in [-0.2, 0) is 4.79 Å². The second-order valence-corrected chi connectivity index (χ2v) is 4.73. The van der Waals surface area contributed by atoms with Crippen LogP contribution < -0.4 is 15.8 Å². The molecular weight excluding hydrogens is 248 g/mol. The van der Waals surface area contributed by atoms with Gasteiger partial charge in [-0.2, -0.15) is 0 Å². The number of hydrogen-bond donors (Lipinski definition) is 2. The minimum atomic E-state index is -0.126. The Bertz CT molecular complexity index is 460. The molecule has 1 aromatic carbocycles. The monoisotopic (exact) mass is 266 g/mol. The number of carbonyl (C=O) groups is 1. The van der Waals surface area contributed by atoms with E-state index in [1.54, 1.807) is 7.11 Å². The van der Waals surface area contributed by atoms with Crippen molar-refractivity contribution in [2.75, 3.05) is 12.4 Å². The first-order valence-corrected chi connectivity index (χ1v) is 6.08. The summed E-state index contributed by atoms with van der Waals surface area (Å²) in [4.78, 5) is 12.2. The number of ether oxygens (including phenoxy) is 1. The zero-order chi connectivity index (χ0) is 13.7. The molecule has 1 amide bonds. The molecule has 0 heterocycles. The number of amides is 1. The van der Waals surface area contributed by atoms with Gasteiger partial charge in [0.1, 0.15) is 5.75 Å². The van der Waals surface area contributed by atoms with E-state index in [4.69, 9.17) is 22.7 Å². The SMILES string of the molecule is COc1ccc(C)cc1NC(=O)CC(C)C(N)=S. The third-order valence-electron chi connectivity index (χ3n) is 2.61. The number of nitrogens with two attached hydrogens (primary N) is 1. The van der Waals surface area contributed by atoms with Crippen molar-refractivity contribution in [2.24, 2.45) is 11.7 Å². The Morgan fingerprint density at radius 3 is 2.78 bits per heavy atom. The Morgan fingerprint density at radius 1 is 1.56 bits per heavy atom. The topological polar surface area (TPSA) is 64.3 Å². The average Bonchev–Trinajstić information content (AvgIpc) is 2.28. The first-order chi connectivity index (χ1) is 8.43. The number of thiocarbonyl (C=S) groups is 1. The second kappa shape index (κ2) is 6.35. The lowest BCUT2D eigenvalue weighted by Crippen LogP contribution is -2.24. The third-order valence-corrected chi connectivity index (χ3v) is 3.01. The summed E-state index contributed by atoms with van der Waals surface area (Å²) in [6.45, 7) is 3.78. The van der Waals surface area contributed by atoms with Gasteiger partial charge in [-0.3, -0.25) is 4.79 Å². The Kier molecular flexibility index (Phi) is 5.09. The van der Waals surface area contributed by atoms with Crippen LogP contribution >= 0.6 is 12.2 Å². The molecule has 0 radical (unpaired) electrons. The summed E-state index contributed by atoms with van der Waals surface area (Å²) in [6.07, 6.45) is 0.270. The van der Waals surface area contributed by atoms with E-state index in [9.17, 15) is 4.79 Å². The van der Waals surface area contributed by atoms with Crippen LogP contribution in [0.4, 0.5) is 5.69 Å². The van der Waals surface area contributed by atoms with Crippen molar-refractivity contribution < 1.29 is 9.53 Å². The Labute approximate surface area is 113 Å². The van der Waals surface area contributed by atoms with Gasteiger partial charge in [-0.1, -0.05) is 25.2 Å². The van der Waals surface area contributed by atoms with Crippen molar-refractivity contribution in [1.82, 2.24) is 0 Å². The maximum atomic E-state index is 11.8. The first-order valence-electron chi connectivity index (χ1n) is 5.68. The predicted octanol–water partition coefficient (Wildman–Crippen LogP) is 2.25. The van der Waals surface area contributed by atoms with Gasteiger partial charge in [0.05, 0.1) is 17.8 Å². The molecule has 0 spiro atoms. The van der Waals surface area contributed by atoms with Crippen LogP contribution in [0.25, 0.3) is 0 Å². The number of carbonyl (C=O) groups excluding carboxylic acids is 1. The van der Waals surface area contributed by atoms with Gasteiger partial charge in [-0.15, -0.1) is 0 Å². The fraction of sp³-hybridized carbons (Fsp3) is 0.385. The number of nitrogens with one attached hydrogen (secondary N) is 1. The van der Waals surface area contributed by atoms with E-state index in [-0.39, 0.29) is 18.2 Å². The maximum absolute atomic E-state index is 11.8. The van der Waals surface area contributed by atoms with E-state index in [2.05, 4.69) is 5.32 Å². The molecule has 1 atom stereocenters. The fourth-order valence-corrected chi connectivity index (χ4v) is 1.58. The van der Waals surface area contributed by atoms with Crippen molar-refractivity contribution in [3.63, 3.8) is 0 Å². The molecular formula is C13H18N2O2S. The van der Waals surface area contributed by atoms with Gasteiger partial charge in [0.25, 0.3) is 0 Å². The van der Waals surface area contributed by atoms with E-state index in [0.29, 0.717) is 16.4 Å². The molecule has 0 aliphatic carbocycles. The Hall–Kier alpha value is -1.62. The molecule has 0 aliphatic heterocycles. The number of rotatable bonds is 5. The molecule has 18 heavy (non-hydrogen) atoms. The zero-order valence-corrected chi connectivity index (χ0v) is 11.6. The molecule has 1 rings (SSSR count). The fourth-order valence-electron chi connectivity index (χ4n) is 1.50. The Balaban J connectivity index is 2.75. The van der Waals surface area contributed by atoms with E-state index < -0.39 is 0 Å². The van der Waals surface area contributed by atoms with Crippen molar-refractivity contribution in [3.05, 3.63) is 23.8 Å². The minimum absolute atomic E-state index is 0.115. The van der Waals surface area contributed by atoms with Crippen LogP contribution in [0.15, 0.2) is 18.2 Å². The number of benzene rings is 1. The number of aryl methyl sites for hydroxylation is 1. The van der Waals surface area contributed by atoms with Crippen LogP contribution in [0, 0.1) is 12.8 Å². The van der Waals surface area contributed by atoms with Gasteiger partial charge in [0.15, 0.2) is 0 Å². The summed E-state index contributed by atoms with van der Waals surface area (Å²) >= 11 is 4.84. The molecule has 98 valence electrons. The molecule has 0 saturated carbocycles. The third kappa shape index (κ3) is 4.00. The highest BCUT2D eigenvalue weighted by Crippen LogP contribution is 2.25. The lowest BCUT2D eigenvalue weighted by Gasteiger charge is -2.13. The zero-order valence-electron chi connectivity index (χ0n) is 10.8. The minimum Gasteiger partial charge on any atom is -0.495 e. The normalized spacial score (nSPS) is 11.7.